The minimum Gasteiger partial charge on any atom is -0.478 e. The van der Waals surface area contributed by atoms with Crippen molar-refractivity contribution in [3.8, 4) is 11.3 Å². The minimum absolute atomic E-state index is 0.854. The van der Waals surface area contributed by atoms with Crippen molar-refractivity contribution in [3.63, 3.8) is 0 Å². The van der Waals surface area contributed by atoms with Crippen LogP contribution in [0.3, 0.4) is 0 Å². The molecule has 1 aliphatic rings. The standard InChI is InChI=1S/C19H18N2O2S/c1-12-6-8-13(9-7-12)18-15(10-11-17(22)23)21-14-4-2-3-5-16(14)24-19(21)20-18/h6-11H,2-5H2,1H3,(H,22,23)/b11-10+. The number of nitrogens with zero attached hydrogens (tertiary/aromatic N) is 2. The van der Waals surface area contributed by atoms with Crippen LogP contribution in [0.2, 0.25) is 0 Å². The molecule has 3 aromatic rings. The maximum atomic E-state index is 11.0. The van der Waals surface area contributed by atoms with E-state index in [9.17, 15) is 4.79 Å². The fourth-order valence-electron chi connectivity index (χ4n) is 3.29. The maximum Gasteiger partial charge on any atom is 0.328 e. The highest BCUT2D eigenvalue weighted by molar-refractivity contribution is 7.17. The van der Waals surface area contributed by atoms with E-state index >= 15 is 0 Å². The molecule has 0 bridgehead atoms. The van der Waals surface area contributed by atoms with Gasteiger partial charge in [0.15, 0.2) is 4.96 Å². The van der Waals surface area contributed by atoms with Crippen molar-refractivity contribution in [1.82, 2.24) is 9.38 Å². The first kappa shape index (κ1) is 15.1. The number of imidazole rings is 1. The van der Waals surface area contributed by atoms with Crippen molar-refractivity contribution >= 4 is 28.3 Å². The van der Waals surface area contributed by atoms with Crippen LogP contribution in [0.4, 0.5) is 0 Å². The van der Waals surface area contributed by atoms with Gasteiger partial charge in [-0.25, -0.2) is 9.78 Å². The topological polar surface area (TPSA) is 54.6 Å². The summed E-state index contributed by atoms with van der Waals surface area (Å²) in [6.07, 6.45) is 7.42. The first-order chi connectivity index (χ1) is 11.6. The zero-order valence-electron chi connectivity index (χ0n) is 13.5. The van der Waals surface area contributed by atoms with Crippen molar-refractivity contribution < 1.29 is 9.90 Å². The molecule has 0 spiro atoms. The number of thiazole rings is 1. The van der Waals surface area contributed by atoms with Gasteiger partial charge in [0.1, 0.15) is 0 Å². The second-order valence-corrected chi connectivity index (χ2v) is 7.24. The van der Waals surface area contributed by atoms with Gasteiger partial charge < -0.3 is 5.11 Å². The van der Waals surface area contributed by atoms with Gasteiger partial charge in [-0.05, 0) is 38.7 Å². The summed E-state index contributed by atoms with van der Waals surface area (Å²) in [4.78, 5) is 18.2. The van der Waals surface area contributed by atoms with Gasteiger partial charge >= 0.3 is 5.97 Å². The summed E-state index contributed by atoms with van der Waals surface area (Å²) in [5, 5.41) is 9.06. The lowest BCUT2D eigenvalue weighted by Crippen LogP contribution is -2.04. The Morgan fingerprint density at radius 1 is 1.25 bits per heavy atom. The fraction of sp³-hybridized carbons (Fsp3) is 0.263. The highest BCUT2D eigenvalue weighted by Crippen LogP contribution is 2.35. The number of fused-ring (bicyclic) bond motifs is 3. The van der Waals surface area contributed by atoms with E-state index in [1.54, 1.807) is 17.4 Å². The number of carbonyl (C=O) groups is 1. The van der Waals surface area contributed by atoms with Crippen molar-refractivity contribution in [1.29, 1.82) is 0 Å². The normalized spacial score (nSPS) is 14.4. The molecule has 1 N–H and O–H groups in total. The maximum absolute atomic E-state index is 11.0. The highest BCUT2D eigenvalue weighted by Gasteiger charge is 2.22. The van der Waals surface area contributed by atoms with Crippen molar-refractivity contribution in [2.75, 3.05) is 0 Å². The Hall–Kier alpha value is -2.40. The summed E-state index contributed by atoms with van der Waals surface area (Å²) in [5.74, 6) is -0.941. The SMILES string of the molecule is Cc1ccc(-c2nc3sc4c(n3c2/C=C/C(=O)O)CCCC4)cc1. The lowest BCUT2D eigenvalue weighted by Gasteiger charge is -2.11. The third-order valence-electron chi connectivity index (χ3n) is 4.46. The van der Waals surface area contributed by atoms with Crippen molar-refractivity contribution in [2.45, 2.75) is 32.6 Å². The Bertz CT molecular complexity index is 948. The number of aryl methyl sites for hydroxylation is 3. The van der Waals surface area contributed by atoms with Crippen LogP contribution in [-0.4, -0.2) is 20.5 Å². The van der Waals surface area contributed by atoms with Gasteiger partial charge in [-0.1, -0.05) is 29.8 Å². The number of aromatic nitrogens is 2. The Kier molecular flexibility index (Phi) is 3.73. The Balaban J connectivity index is 1.95. The molecule has 1 aromatic carbocycles. The third kappa shape index (κ3) is 2.55. The second-order valence-electron chi connectivity index (χ2n) is 6.18. The Labute approximate surface area is 144 Å². The number of aliphatic carboxylic acids is 1. The zero-order valence-corrected chi connectivity index (χ0v) is 14.3. The molecular weight excluding hydrogens is 320 g/mol. The zero-order chi connectivity index (χ0) is 16.7. The predicted molar refractivity (Wildman–Crippen MR) is 96.6 cm³/mol. The average molecular weight is 338 g/mol. The molecular formula is C19H18N2O2S. The Morgan fingerprint density at radius 2 is 2.00 bits per heavy atom. The quantitative estimate of drug-likeness (QED) is 0.723. The van der Waals surface area contributed by atoms with Gasteiger partial charge in [-0.15, -0.1) is 11.3 Å². The van der Waals surface area contributed by atoms with E-state index in [0.717, 1.165) is 34.8 Å². The largest absolute Gasteiger partial charge is 0.478 e. The summed E-state index contributed by atoms with van der Waals surface area (Å²) in [5.41, 5.74) is 5.24. The molecule has 4 rings (SSSR count). The molecule has 2 heterocycles. The number of hydrogen-bond acceptors (Lipinski definition) is 3. The lowest BCUT2D eigenvalue weighted by atomic mass is 10.0. The van der Waals surface area contributed by atoms with Gasteiger partial charge in [0.25, 0.3) is 0 Å². The molecule has 0 fully saturated rings. The van der Waals surface area contributed by atoms with Crippen LogP contribution in [-0.2, 0) is 17.6 Å². The molecule has 0 atom stereocenters. The summed E-state index contributed by atoms with van der Waals surface area (Å²) in [6, 6.07) is 8.21. The van der Waals surface area contributed by atoms with E-state index in [0.29, 0.717) is 0 Å². The smallest absolute Gasteiger partial charge is 0.328 e. The number of carboxylic acids is 1. The van der Waals surface area contributed by atoms with Crippen LogP contribution in [0.15, 0.2) is 30.3 Å². The summed E-state index contributed by atoms with van der Waals surface area (Å²) in [7, 11) is 0. The average Bonchev–Trinajstić information content (AvgIpc) is 3.09. The van der Waals surface area contributed by atoms with Gasteiger partial charge in [-0.2, -0.15) is 0 Å². The van der Waals surface area contributed by atoms with E-state index in [4.69, 9.17) is 10.1 Å². The first-order valence-electron chi connectivity index (χ1n) is 8.14. The summed E-state index contributed by atoms with van der Waals surface area (Å²) < 4.78 is 2.16. The monoisotopic (exact) mass is 338 g/mol. The van der Waals surface area contributed by atoms with E-state index in [1.807, 2.05) is 12.1 Å². The van der Waals surface area contributed by atoms with Crippen LogP contribution in [0, 0.1) is 6.92 Å². The number of benzene rings is 1. The molecule has 24 heavy (non-hydrogen) atoms. The number of carboxylic acid groups (broad SMARTS) is 1. The van der Waals surface area contributed by atoms with Crippen LogP contribution in [0.1, 0.15) is 34.7 Å². The van der Waals surface area contributed by atoms with Gasteiger partial charge in [-0.3, -0.25) is 4.40 Å². The van der Waals surface area contributed by atoms with E-state index in [-0.39, 0.29) is 0 Å². The van der Waals surface area contributed by atoms with Crippen LogP contribution in [0.25, 0.3) is 22.3 Å². The fourth-order valence-corrected chi connectivity index (χ4v) is 4.50. The van der Waals surface area contributed by atoms with E-state index < -0.39 is 5.97 Å². The highest BCUT2D eigenvalue weighted by atomic mass is 32.1. The third-order valence-corrected chi connectivity index (χ3v) is 5.61. The van der Waals surface area contributed by atoms with Gasteiger partial charge in [0, 0.05) is 22.2 Å². The van der Waals surface area contributed by atoms with Gasteiger partial charge in [0.2, 0.25) is 0 Å². The molecule has 122 valence electrons. The van der Waals surface area contributed by atoms with Crippen molar-refractivity contribution in [2.24, 2.45) is 0 Å². The minimum atomic E-state index is -0.941. The molecule has 0 radical (unpaired) electrons. The molecule has 0 unspecified atom stereocenters. The summed E-state index contributed by atoms with van der Waals surface area (Å²) in [6.45, 7) is 2.05. The second kappa shape index (κ2) is 5.91. The first-order valence-corrected chi connectivity index (χ1v) is 8.96. The van der Waals surface area contributed by atoms with Crippen LogP contribution in [0.5, 0.6) is 0 Å². The molecule has 1 aliphatic carbocycles. The van der Waals surface area contributed by atoms with E-state index in [1.165, 1.54) is 35.1 Å². The molecule has 0 saturated heterocycles. The molecule has 5 heteroatoms. The molecule has 4 nitrogen and oxygen atoms in total. The molecule has 0 amide bonds. The number of hydrogen-bond donors (Lipinski definition) is 1. The van der Waals surface area contributed by atoms with Crippen LogP contribution < -0.4 is 0 Å². The molecule has 2 aromatic heterocycles. The molecule has 0 saturated carbocycles. The summed E-state index contributed by atoms with van der Waals surface area (Å²) >= 11 is 1.74. The Morgan fingerprint density at radius 3 is 2.75 bits per heavy atom. The lowest BCUT2D eigenvalue weighted by molar-refractivity contribution is -0.131. The molecule has 0 aliphatic heterocycles. The van der Waals surface area contributed by atoms with Crippen LogP contribution >= 0.6 is 11.3 Å². The van der Waals surface area contributed by atoms with E-state index in [2.05, 4.69) is 23.5 Å². The van der Waals surface area contributed by atoms with Crippen molar-refractivity contribution in [3.05, 3.63) is 52.2 Å². The predicted octanol–water partition coefficient (Wildman–Crippen LogP) is 4.35. The van der Waals surface area contributed by atoms with Gasteiger partial charge in [0.05, 0.1) is 11.4 Å². The number of rotatable bonds is 3.